The SMILES string of the molecule is COc1ccc(Cn2cc([C@@H](N[S@@+]([O-])C(C)(C)C)C(C)C)nn2)cc1. The fourth-order valence-electron chi connectivity index (χ4n) is 2.28. The molecule has 0 aliphatic rings. The topological polar surface area (TPSA) is 75.0 Å². The van der Waals surface area contributed by atoms with Crippen molar-refractivity contribution in [1.82, 2.24) is 19.7 Å². The van der Waals surface area contributed by atoms with Crippen LogP contribution in [-0.2, 0) is 17.9 Å². The Balaban J connectivity index is 2.10. The van der Waals surface area contributed by atoms with Gasteiger partial charge in [0.15, 0.2) is 0 Å². The maximum absolute atomic E-state index is 12.4. The van der Waals surface area contributed by atoms with Crippen molar-refractivity contribution in [2.24, 2.45) is 5.92 Å². The van der Waals surface area contributed by atoms with Crippen molar-refractivity contribution >= 4 is 11.4 Å². The lowest BCUT2D eigenvalue weighted by molar-refractivity contribution is 0.414. The summed E-state index contributed by atoms with van der Waals surface area (Å²) in [5, 5.41) is 8.52. The minimum atomic E-state index is -1.16. The predicted octanol–water partition coefficient (Wildman–Crippen LogP) is 3.08. The Kier molecular flexibility index (Phi) is 6.48. The van der Waals surface area contributed by atoms with Crippen molar-refractivity contribution in [3.8, 4) is 5.75 Å². The molecule has 0 radical (unpaired) electrons. The van der Waals surface area contributed by atoms with Gasteiger partial charge in [0.2, 0.25) is 0 Å². The molecule has 0 bridgehead atoms. The van der Waals surface area contributed by atoms with E-state index in [9.17, 15) is 4.55 Å². The third kappa shape index (κ3) is 5.45. The van der Waals surface area contributed by atoms with Gasteiger partial charge >= 0.3 is 0 Å². The molecular weight excluding hydrogens is 336 g/mol. The standard InChI is InChI=1S/C18H28N4O2S/c1-13(2)17(20-25(23)18(3,4)5)16-12-22(21-19-16)11-14-7-9-15(24-6)10-8-14/h7-10,12-13,17,20H,11H2,1-6H3/t17-,25-/m0/s1. The van der Waals surface area contributed by atoms with Crippen LogP contribution in [0.2, 0.25) is 0 Å². The number of ether oxygens (including phenoxy) is 1. The first kappa shape index (κ1) is 19.8. The van der Waals surface area contributed by atoms with Crippen LogP contribution in [0.1, 0.15) is 51.9 Å². The van der Waals surface area contributed by atoms with Gasteiger partial charge in [0.25, 0.3) is 0 Å². The number of hydrogen-bond acceptors (Lipinski definition) is 5. The Labute approximate surface area is 153 Å². The van der Waals surface area contributed by atoms with Crippen LogP contribution in [0.5, 0.6) is 5.75 Å². The summed E-state index contributed by atoms with van der Waals surface area (Å²) < 4.78 is 22.3. The predicted molar refractivity (Wildman–Crippen MR) is 101 cm³/mol. The van der Waals surface area contributed by atoms with Crippen molar-refractivity contribution in [2.45, 2.75) is 52.0 Å². The monoisotopic (exact) mass is 364 g/mol. The minimum Gasteiger partial charge on any atom is -0.598 e. The molecule has 6 nitrogen and oxygen atoms in total. The molecule has 1 N–H and O–H groups in total. The summed E-state index contributed by atoms with van der Waals surface area (Å²) in [6, 6.07) is 7.76. The molecule has 0 aliphatic heterocycles. The lowest BCUT2D eigenvalue weighted by Gasteiger charge is -2.28. The number of benzene rings is 1. The molecule has 25 heavy (non-hydrogen) atoms. The molecule has 0 fully saturated rings. The zero-order valence-corrected chi connectivity index (χ0v) is 16.6. The summed E-state index contributed by atoms with van der Waals surface area (Å²) in [4.78, 5) is 0. The van der Waals surface area contributed by atoms with Crippen LogP contribution in [0.3, 0.4) is 0 Å². The molecule has 0 amide bonds. The molecule has 2 aromatic rings. The lowest BCUT2D eigenvalue weighted by Crippen LogP contribution is -2.42. The first-order valence-corrected chi connectivity index (χ1v) is 9.56. The van der Waals surface area contributed by atoms with E-state index in [0.29, 0.717) is 6.54 Å². The summed E-state index contributed by atoms with van der Waals surface area (Å²) in [6.45, 7) is 10.7. The number of hydrogen-bond donors (Lipinski definition) is 1. The van der Waals surface area contributed by atoms with Gasteiger partial charge in [0, 0.05) is 11.4 Å². The van der Waals surface area contributed by atoms with Gasteiger partial charge in [-0.05, 0) is 44.4 Å². The fourth-order valence-corrected chi connectivity index (χ4v) is 3.26. The Bertz CT molecular complexity index is 664. The summed E-state index contributed by atoms with van der Waals surface area (Å²) in [6.07, 6.45) is 1.92. The average molecular weight is 365 g/mol. The highest BCUT2D eigenvalue weighted by molar-refractivity contribution is 7.90. The lowest BCUT2D eigenvalue weighted by atomic mass is 10.0. The van der Waals surface area contributed by atoms with Gasteiger partial charge in [0.1, 0.15) is 22.2 Å². The zero-order chi connectivity index (χ0) is 18.6. The minimum absolute atomic E-state index is 0.107. The normalized spacial score (nSPS) is 14.6. The van der Waals surface area contributed by atoms with Crippen LogP contribution in [0.25, 0.3) is 0 Å². The van der Waals surface area contributed by atoms with Crippen molar-refractivity contribution in [3.63, 3.8) is 0 Å². The van der Waals surface area contributed by atoms with Gasteiger partial charge in [-0.3, -0.25) is 0 Å². The first-order valence-electron chi connectivity index (χ1n) is 8.41. The number of rotatable bonds is 7. The van der Waals surface area contributed by atoms with E-state index < -0.39 is 11.4 Å². The average Bonchev–Trinajstić information content (AvgIpc) is 2.99. The molecule has 0 unspecified atom stereocenters. The molecule has 0 spiro atoms. The molecule has 0 aliphatic carbocycles. The van der Waals surface area contributed by atoms with E-state index in [-0.39, 0.29) is 16.7 Å². The maximum Gasteiger partial charge on any atom is 0.136 e. The van der Waals surface area contributed by atoms with Crippen LogP contribution < -0.4 is 9.46 Å². The molecule has 0 saturated carbocycles. The molecule has 138 valence electrons. The van der Waals surface area contributed by atoms with Gasteiger partial charge in [-0.15, -0.1) is 9.82 Å². The number of nitrogens with one attached hydrogen (secondary N) is 1. The number of nitrogens with zero attached hydrogens (tertiary/aromatic N) is 3. The smallest absolute Gasteiger partial charge is 0.136 e. The van der Waals surface area contributed by atoms with Crippen molar-refractivity contribution in [2.75, 3.05) is 7.11 Å². The summed E-state index contributed by atoms with van der Waals surface area (Å²) in [5.74, 6) is 1.08. The zero-order valence-electron chi connectivity index (χ0n) is 15.8. The Morgan fingerprint density at radius 1 is 1.24 bits per heavy atom. The van der Waals surface area contributed by atoms with Gasteiger partial charge < -0.3 is 9.29 Å². The molecule has 2 atom stereocenters. The van der Waals surface area contributed by atoms with Crippen LogP contribution in [0, 0.1) is 5.92 Å². The van der Waals surface area contributed by atoms with E-state index in [1.54, 1.807) is 11.8 Å². The summed E-state index contributed by atoms with van der Waals surface area (Å²) in [5.41, 5.74) is 1.92. The molecule has 7 heteroatoms. The highest BCUT2D eigenvalue weighted by Gasteiger charge is 2.32. The first-order chi connectivity index (χ1) is 11.7. The van der Waals surface area contributed by atoms with Gasteiger partial charge in [-0.2, -0.15) is 0 Å². The van der Waals surface area contributed by atoms with E-state index >= 15 is 0 Å². The summed E-state index contributed by atoms with van der Waals surface area (Å²) in [7, 11) is 1.65. The van der Waals surface area contributed by atoms with E-state index in [4.69, 9.17) is 4.74 Å². The molecule has 1 aromatic carbocycles. The number of methoxy groups -OCH3 is 1. The molecular formula is C18H28N4O2S. The highest BCUT2D eigenvalue weighted by Crippen LogP contribution is 2.24. The Morgan fingerprint density at radius 3 is 2.40 bits per heavy atom. The second-order valence-electron chi connectivity index (χ2n) is 7.41. The molecule has 1 aromatic heterocycles. The Morgan fingerprint density at radius 2 is 1.88 bits per heavy atom. The van der Waals surface area contributed by atoms with Gasteiger partial charge in [0.05, 0.1) is 19.9 Å². The third-order valence-electron chi connectivity index (χ3n) is 3.84. The third-order valence-corrected chi connectivity index (χ3v) is 5.42. The fraction of sp³-hybridized carbons (Fsp3) is 0.556. The van der Waals surface area contributed by atoms with Gasteiger partial charge in [-0.1, -0.05) is 31.2 Å². The summed E-state index contributed by atoms with van der Waals surface area (Å²) >= 11 is -1.16. The van der Waals surface area contributed by atoms with Crippen molar-refractivity contribution in [1.29, 1.82) is 0 Å². The van der Waals surface area contributed by atoms with Gasteiger partial charge in [-0.25, -0.2) is 4.68 Å². The maximum atomic E-state index is 12.4. The number of aromatic nitrogens is 3. The quantitative estimate of drug-likeness (QED) is 0.764. The van der Waals surface area contributed by atoms with E-state index in [1.807, 2.05) is 51.2 Å². The van der Waals surface area contributed by atoms with E-state index in [1.165, 1.54) is 0 Å². The van der Waals surface area contributed by atoms with Crippen LogP contribution in [0.4, 0.5) is 0 Å². The second-order valence-corrected chi connectivity index (χ2v) is 9.41. The second kappa shape index (κ2) is 8.21. The van der Waals surface area contributed by atoms with Crippen LogP contribution in [-0.4, -0.2) is 31.4 Å². The van der Waals surface area contributed by atoms with Crippen molar-refractivity contribution < 1.29 is 9.29 Å². The van der Waals surface area contributed by atoms with Crippen LogP contribution in [0.15, 0.2) is 30.5 Å². The highest BCUT2D eigenvalue weighted by atomic mass is 32.2. The molecule has 0 saturated heterocycles. The Hall–Kier alpha value is -1.57. The van der Waals surface area contributed by atoms with Crippen LogP contribution >= 0.6 is 0 Å². The van der Waals surface area contributed by atoms with Crippen molar-refractivity contribution in [3.05, 3.63) is 41.7 Å². The van der Waals surface area contributed by atoms with E-state index in [2.05, 4.69) is 28.9 Å². The van der Waals surface area contributed by atoms with E-state index in [0.717, 1.165) is 17.0 Å². The molecule has 1 heterocycles. The molecule has 2 rings (SSSR count). The largest absolute Gasteiger partial charge is 0.598 e.